The van der Waals surface area contributed by atoms with Crippen molar-refractivity contribution in [2.24, 2.45) is 0 Å². The fourth-order valence-corrected chi connectivity index (χ4v) is 6.34. The summed E-state index contributed by atoms with van der Waals surface area (Å²) in [6, 6.07) is 1.17. The number of quaternary nitrogens is 3. The molecule has 2 aliphatic rings. The van der Waals surface area contributed by atoms with Crippen LogP contribution in [-0.4, -0.2) is 46.2 Å². The average molecular weight is 396 g/mol. The van der Waals surface area contributed by atoms with Gasteiger partial charge in [0.2, 0.25) is 5.91 Å². The molecule has 162 valence electrons. The third-order valence-corrected chi connectivity index (χ3v) is 6.16. The Balaban J connectivity index is 1.86. The minimum atomic E-state index is 0.0522. The summed E-state index contributed by atoms with van der Waals surface area (Å²) in [4.78, 5) is 12.5. The van der Waals surface area contributed by atoms with Crippen molar-refractivity contribution >= 4 is 5.91 Å². The maximum atomic E-state index is 12.5. The van der Waals surface area contributed by atoms with Crippen LogP contribution in [0.2, 0.25) is 0 Å². The number of carbonyl (C=O) groups is 1. The van der Waals surface area contributed by atoms with Gasteiger partial charge in [-0.1, -0.05) is 0 Å². The van der Waals surface area contributed by atoms with Crippen molar-refractivity contribution in [3.05, 3.63) is 12.2 Å². The number of amides is 1. The zero-order chi connectivity index (χ0) is 21.4. The number of piperidine rings is 2. The molecule has 2 heterocycles. The zero-order valence-electron chi connectivity index (χ0n) is 19.9. The van der Waals surface area contributed by atoms with E-state index in [0.717, 1.165) is 12.8 Å². The van der Waals surface area contributed by atoms with Gasteiger partial charge in [0.1, 0.15) is 6.04 Å². The highest BCUT2D eigenvalue weighted by molar-refractivity contribution is 5.87. The molecule has 0 unspecified atom stereocenters. The van der Waals surface area contributed by atoms with E-state index in [4.69, 9.17) is 0 Å². The quantitative estimate of drug-likeness (QED) is 0.492. The maximum Gasteiger partial charge on any atom is 0.244 e. The maximum absolute atomic E-state index is 12.5. The minimum Gasteiger partial charge on any atom is -0.349 e. The molecule has 28 heavy (non-hydrogen) atoms. The Morgan fingerprint density at radius 3 is 1.79 bits per heavy atom. The Kier molecular flexibility index (Phi) is 6.74. The first-order chi connectivity index (χ1) is 12.6. The fraction of sp³-hybridized carbons (Fsp3) is 0.870. The Labute approximate surface area is 172 Å². The van der Waals surface area contributed by atoms with E-state index in [2.05, 4.69) is 89.7 Å². The summed E-state index contributed by atoms with van der Waals surface area (Å²) in [5.74, 6) is 0.0522. The van der Waals surface area contributed by atoms with Crippen LogP contribution in [0, 0.1) is 0 Å². The number of nitrogens with one attached hydrogen (secondary N) is 1. The predicted molar refractivity (Wildman–Crippen MR) is 115 cm³/mol. The van der Waals surface area contributed by atoms with E-state index in [-0.39, 0.29) is 34.1 Å². The molecule has 7 N–H and O–H groups in total. The molecule has 5 heteroatoms. The number of rotatable bonds is 5. The van der Waals surface area contributed by atoms with E-state index in [0.29, 0.717) is 12.1 Å². The summed E-state index contributed by atoms with van der Waals surface area (Å²) < 4.78 is 0. The second kappa shape index (κ2) is 8.08. The van der Waals surface area contributed by atoms with Gasteiger partial charge in [0, 0.05) is 25.0 Å². The van der Waals surface area contributed by atoms with E-state index < -0.39 is 0 Å². The van der Waals surface area contributed by atoms with Crippen LogP contribution in [0.25, 0.3) is 0 Å². The zero-order valence-corrected chi connectivity index (χ0v) is 19.9. The topological polar surface area (TPSA) is 78.9 Å². The first kappa shape index (κ1) is 23.4. The summed E-state index contributed by atoms with van der Waals surface area (Å²) in [6.45, 7) is 20.6. The van der Waals surface area contributed by atoms with Crippen molar-refractivity contribution in [3.8, 4) is 0 Å². The number of carbonyl (C=O) groups excluding carboxylic acids is 1. The highest BCUT2D eigenvalue weighted by Gasteiger charge is 2.44. The Hall–Kier alpha value is -0.910. The van der Waals surface area contributed by atoms with Crippen LogP contribution in [-0.2, 0) is 4.79 Å². The molecular weight excluding hydrogens is 348 g/mol. The van der Waals surface area contributed by atoms with Crippen LogP contribution >= 0.6 is 0 Å². The van der Waals surface area contributed by atoms with Crippen molar-refractivity contribution in [1.29, 1.82) is 0 Å². The SMILES string of the molecule is C[C@H](/C=C/C(=O)NC1CC(C)(C)[NH2+]C(C)(C)C1)[NH2+]C1CC(C)(C)[NH2+]C(C)(C)C1. The number of hydrogen-bond donors (Lipinski definition) is 4. The summed E-state index contributed by atoms with van der Waals surface area (Å²) in [7, 11) is 0. The molecule has 0 saturated carbocycles. The second-order valence-corrected chi connectivity index (χ2v) is 12.4. The van der Waals surface area contributed by atoms with Crippen LogP contribution in [0.3, 0.4) is 0 Å². The van der Waals surface area contributed by atoms with Crippen LogP contribution < -0.4 is 21.3 Å². The Morgan fingerprint density at radius 1 is 0.893 bits per heavy atom. The van der Waals surface area contributed by atoms with Crippen molar-refractivity contribution < 1.29 is 20.7 Å². The Bertz CT molecular complexity index is 559. The van der Waals surface area contributed by atoms with Gasteiger partial charge in [0.05, 0.1) is 41.0 Å². The van der Waals surface area contributed by atoms with Crippen LogP contribution in [0.1, 0.15) is 88.0 Å². The molecule has 1 amide bonds. The standard InChI is InChI=1S/C23H44N4O/c1-16(24-17-12-20(2,3)26-21(4,5)13-17)10-11-19(28)25-18-14-22(6,7)27-23(8,9)15-18/h10-11,16-18,24,26-27H,12-15H2,1-9H3,(H,25,28)/p+3/b11-10+/t16-/m1/s1. The van der Waals surface area contributed by atoms with Gasteiger partial charge in [-0.05, 0) is 68.4 Å². The molecule has 1 atom stereocenters. The van der Waals surface area contributed by atoms with Crippen molar-refractivity contribution in [1.82, 2.24) is 5.32 Å². The van der Waals surface area contributed by atoms with Crippen molar-refractivity contribution in [2.45, 2.75) is 128 Å². The Morgan fingerprint density at radius 2 is 1.32 bits per heavy atom. The summed E-state index contributed by atoms with van der Waals surface area (Å²) in [6.07, 6.45) is 8.25. The summed E-state index contributed by atoms with van der Waals surface area (Å²) in [5.41, 5.74) is 0.896. The third kappa shape index (κ3) is 7.49. The monoisotopic (exact) mass is 395 g/mol. The molecule has 0 radical (unpaired) electrons. The first-order valence-electron chi connectivity index (χ1n) is 11.1. The van der Waals surface area contributed by atoms with Crippen molar-refractivity contribution in [3.63, 3.8) is 0 Å². The van der Waals surface area contributed by atoms with Gasteiger partial charge in [-0.2, -0.15) is 0 Å². The molecule has 0 spiro atoms. The lowest BCUT2D eigenvalue weighted by molar-refractivity contribution is -0.817. The lowest BCUT2D eigenvalue weighted by Gasteiger charge is -2.43. The van der Waals surface area contributed by atoms with Gasteiger partial charge >= 0.3 is 0 Å². The van der Waals surface area contributed by atoms with Crippen molar-refractivity contribution in [2.75, 3.05) is 0 Å². The van der Waals surface area contributed by atoms with Gasteiger partial charge in [-0.15, -0.1) is 0 Å². The molecule has 0 bridgehead atoms. The van der Waals surface area contributed by atoms with Crippen LogP contribution in [0.15, 0.2) is 12.2 Å². The summed E-state index contributed by atoms with van der Waals surface area (Å²) in [5, 5.41) is 10.7. The van der Waals surface area contributed by atoms with Gasteiger partial charge in [-0.3, -0.25) is 4.79 Å². The van der Waals surface area contributed by atoms with E-state index >= 15 is 0 Å². The van der Waals surface area contributed by atoms with Gasteiger partial charge in [0.15, 0.2) is 0 Å². The highest BCUT2D eigenvalue weighted by Crippen LogP contribution is 2.22. The molecule has 2 fully saturated rings. The highest BCUT2D eigenvalue weighted by atomic mass is 16.1. The number of nitrogens with two attached hydrogens (primary N) is 3. The molecule has 5 nitrogen and oxygen atoms in total. The average Bonchev–Trinajstić information content (AvgIpc) is 2.37. The normalized spacial score (nSPS) is 28.2. The molecule has 0 aromatic rings. The molecule has 0 aromatic heterocycles. The van der Waals surface area contributed by atoms with Crippen LogP contribution in [0.4, 0.5) is 0 Å². The molecule has 2 saturated heterocycles. The summed E-state index contributed by atoms with van der Waals surface area (Å²) >= 11 is 0. The van der Waals surface area contributed by atoms with E-state index in [1.54, 1.807) is 6.08 Å². The predicted octanol–water partition coefficient (Wildman–Crippen LogP) is 0.177. The first-order valence-corrected chi connectivity index (χ1v) is 11.1. The minimum absolute atomic E-state index is 0.0522. The van der Waals surface area contributed by atoms with Crippen LogP contribution in [0.5, 0.6) is 0 Å². The van der Waals surface area contributed by atoms with Gasteiger partial charge in [0.25, 0.3) is 0 Å². The van der Waals surface area contributed by atoms with Gasteiger partial charge < -0.3 is 21.3 Å². The van der Waals surface area contributed by atoms with E-state index in [1.165, 1.54) is 12.8 Å². The lowest BCUT2D eigenvalue weighted by atomic mass is 9.79. The van der Waals surface area contributed by atoms with E-state index in [1.807, 2.05) is 0 Å². The van der Waals surface area contributed by atoms with Gasteiger partial charge in [-0.25, -0.2) is 0 Å². The molecule has 0 aliphatic carbocycles. The molecular formula is C23H47N4O+3. The largest absolute Gasteiger partial charge is 0.349 e. The molecule has 2 aliphatic heterocycles. The second-order valence-electron chi connectivity index (χ2n) is 12.4. The molecule has 2 rings (SSSR count). The van der Waals surface area contributed by atoms with E-state index in [9.17, 15) is 4.79 Å². The smallest absolute Gasteiger partial charge is 0.244 e. The third-order valence-electron chi connectivity index (χ3n) is 6.16. The lowest BCUT2D eigenvalue weighted by Crippen LogP contribution is -3.10. The number of hydrogen-bond acceptors (Lipinski definition) is 1. The fourth-order valence-electron chi connectivity index (χ4n) is 6.34. The molecule has 0 aromatic carbocycles.